The van der Waals surface area contributed by atoms with Crippen molar-refractivity contribution in [2.75, 3.05) is 50.4 Å². The molecule has 2 aliphatic heterocycles. The van der Waals surface area contributed by atoms with Gasteiger partial charge in [-0.05, 0) is 38.2 Å². The first kappa shape index (κ1) is 23.0. The Morgan fingerprint density at radius 1 is 1.11 bits per heavy atom. The van der Waals surface area contributed by atoms with Crippen molar-refractivity contribution >= 4 is 55.6 Å². The summed E-state index contributed by atoms with van der Waals surface area (Å²) in [5.74, 6) is 0.756. The van der Waals surface area contributed by atoms with Crippen LogP contribution >= 0.6 is 11.3 Å². The second kappa shape index (κ2) is 9.23. The van der Waals surface area contributed by atoms with Crippen molar-refractivity contribution in [1.29, 1.82) is 0 Å². The van der Waals surface area contributed by atoms with Crippen LogP contribution in [0.5, 0.6) is 0 Å². The van der Waals surface area contributed by atoms with Gasteiger partial charge in [0.25, 0.3) is 5.91 Å². The van der Waals surface area contributed by atoms with Gasteiger partial charge in [-0.25, -0.2) is 15.0 Å². The summed E-state index contributed by atoms with van der Waals surface area (Å²) in [6, 6.07) is 9.10. The first-order valence-corrected chi connectivity index (χ1v) is 12.9. The zero-order valence-electron chi connectivity index (χ0n) is 20.1. The van der Waals surface area contributed by atoms with Gasteiger partial charge >= 0.3 is 0 Å². The smallest absolute Gasteiger partial charge is 0.263 e. The molecule has 1 atom stereocenters. The minimum atomic E-state index is -0.571. The summed E-state index contributed by atoms with van der Waals surface area (Å²) in [6.45, 7) is 6.90. The second-order valence-corrected chi connectivity index (χ2v) is 10.5. The normalized spacial score (nSPS) is 19.1. The Morgan fingerprint density at radius 3 is 2.78 bits per heavy atom. The van der Waals surface area contributed by atoms with Crippen LogP contribution in [0.1, 0.15) is 22.4 Å². The molecule has 1 fully saturated rings. The van der Waals surface area contributed by atoms with Gasteiger partial charge in [0.05, 0.1) is 17.7 Å². The third kappa shape index (κ3) is 4.45. The molecular weight excluding hydrogens is 479 g/mol. The van der Waals surface area contributed by atoms with E-state index in [2.05, 4.69) is 42.8 Å². The maximum absolute atomic E-state index is 14.3. The number of halogens is 1. The maximum Gasteiger partial charge on any atom is 0.263 e. The Balaban J connectivity index is 1.29. The van der Waals surface area contributed by atoms with Crippen molar-refractivity contribution in [1.82, 2.24) is 30.1 Å². The highest BCUT2D eigenvalue weighted by molar-refractivity contribution is 7.21. The molecule has 1 aromatic carbocycles. The third-order valence-corrected chi connectivity index (χ3v) is 7.80. The van der Waals surface area contributed by atoms with Gasteiger partial charge in [0.15, 0.2) is 0 Å². The molecule has 0 bridgehead atoms. The van der Waals surface area contributed by atoms with Crippen molar-refractivity contribution in [3.8, 4) is 0 Å². The second-order valence-electron chi connectivity index (χ2n) is 9.46. The zero-order valence-corrected chi connectivity index (χ0v) is 21.0. The zero-order chi connectivity index (χ0) is 24.8. The summed E-state index contributed by atoms with van der Waals surface area (Å²) in [6.07, 6.45) is 0. The molecule has 0 radical (unpaired) electrons. The van der Waals surface area contributed by atoms with Gasteiger partial charge in [-0.15, -0.1) is 11.3 Å². The monoisotopic (exact) mass is 506 g/mol. The fourth-order valence-corrected chi connectivity index (χ4v) is 5.83. The maximum atomic E-state index is 14.3. The molecule has 0 unspecified atom stereocenters. The molecule has 0 aliphatic carbocycles. The molecule has 1 saturated heterocycles. The minimum absolute atomic E-state index is 0.0467. The Bertz CT molecular complexity index is 1470. The van der Waals surface area contributed by atoms with Gasteiger partial charge in [-0.3, -0.25) is 9.69 Å². The van der Waals surface area contributed by atoms with E-state index in [1.54, 1.807) is 0 Å². The third-order valence-electron chi connectivity index (χ3n) is 6.65. The summed E-state index contributed by atoms with van der Waals surface area (Å²) in [5.41, 5.74) is 1.64. The topological polar surface area (TPSA) is 98.3 Å². The van der Waals surface area contributed by atoms with Gasteiger partial charge in [-0.1, -0.05) is 0 Å². The lowest BCUT2D eigenvalue weighted by atomic mass is 10.1. The number of pyridine rings is 1. The molecule has 5 heterocycles. The van der Waals surface area contributed by atoms with E-state index in [4.69, 9.17) is 4.98 Å². The lowest BCUT2D eigenvalue weighted by Gasteiger charge is -2.31. The number of hydrogen-bond donors (Lipinski definition) is 3. The highest BCUT2D eigenvalue weighted by Crippen LogP contribution is 2.41. The molecule has 3 aromatic heterocycles. The molecule has 0 spiro atoms. The number of nitrogens with zero attached hydrogens (tertiary/aromatic N) is 5. The van der Waals surface area contributed by atoms with Crippen LogP contribution in [0.4, 0.5) is 21.7 Å². The number of carbonyl (C=O) groups is 1. The van der Waals surface area contributed by atoms with E-state index >= 15 is 0 Å². The van der Waals surface area contributed by atoms with Crippen LogP contribution in [0, 0.1) is 5.95 Å². The first-order valence-electron chi connectivity index (χ1n) is 12.1. The van der Waals surface area contributed by atoms with Gasteiger partial charge in [0, 0.05) is 60.3 Å². The van der Waals surface area contributed by atoms with Crippen molar-refractivity contribution in [3.63, 3.8) is 0 Å². The SMILES string of the molecule is C[C@H]1CNc2c(sc3ccc4nc(Nc5cc(F)nc(CN6CCN(C)CC6)n5)ccc4c23)C(=O)N1. The van der Waals surface area contributed by atoms with Crippen molar-refractivity contribution < 1.29 is 9.18 Å². The number of fused-ring (bicyclic) bond motifs is 5. The molecule has 3 N–H and O–H groups in total. The summed E-state index contributed by atoms with van der Waals surface area (Å²) in [4.78, 5) is 31.1. The standard InChI is InChI=1S/C25H27FN8OS/c1-14-12-27-23-22-15-3-6-19(29-16(15)4-5-17(22)36-24(23)25(35)28-14)31-20-11-18(26)30-21(32-20)13-34-9-7-33(2)8-10-34/h3-6,11,14,27H,7-10,12-13H2,1-2H3,(H,28,35)(H,29,30,31,32)/t14-/m0/s1. The van der Waals surface area contributed by atoms with Crippen molar-refractivity contribution in [3.05, 3.63) is 47.0 Å². The Hall–Kier alpha value is -3.41. The number of amides is 1. The Kier molecular flexibility index (Phi) is 5.90. The lowest BCUT2D eigenvalue weighted by molar-refractivity contribution is 0.0949. The molecule has 4 aromatic rings. The summed E-state index contributed by atoms with van der Waals surface area (Å²) in [7, 11) is 2.10. The predicted molar refractivity (Wildman–Crippen MR) is 141 cm³/mol. The molecule has 0 saturated carbocycles. The molecule has 9 nitrogen and oxygen atoms in total. The highest BCUT2D eigenvalue weighted by Gasteiger charge is 2.25. The number of hydrogen-bond acceptors (Lipinski definition) is 9. The average molecular weight is 507 g/mol. The Morgan fingerprint density at radius 2 is 1.94 bits per heavy atom. The number of carbonyl (C=O) groups excluding carboxylic acids is 1. The largest absolute Gasteiger partial charge is 0.381 e. The van der Waals surface area contributed by atoms with Crippen LogP contribution in [-0.2, 0) is 6.54 Å². The van der Waals surface area contributed by atoms with E-state index < -0.39 is 5.95 Å². The van der Waals surface area contributed by atoms with Crippen LogP contribution in [0.2, 0.25) is 0 Å². The van der Waals surface area contributed by atoms with Gasteiger partial charge in [0.1, 0.15) is 22.3 Å². The van der Waals surface area contributed by atoms with E-state index in [-0.39, 0.29) is 11.9 Å². The molecule has 1 amide bonds. The molecule has 2 aliphatic rings. The van der Waals surface area contributed by atoms with Crippen LogP contribution < -0.4 is 16.0 Å². The highest BCUT2D eigenvalue weighted by atomic mass is 32.1. The predicted octanol–water partition coefficient (Wildman–Crippen LogP) is 3.41. The van der Waals surface area contributed by atoms with Gasteiger partial charge in [0.2, 0.25) is 5.95 Å². The number of benzene rings is 1. The minimum Gasteiger partial charge on any atom is -0.381 e. The summed E-state index contributed by atoms with van der Waals surface area (Å²) < 4.78 is 15.3. The number of piperazine rings is 1. The van der Waals surface area contributed by atoms with E-state index in [0.29, 0.717) is 35.4 Å². The molecule has 36 heavy (non-hydrogen) atoms. The van der Waals surface area contributed by atoms with Crippen LogP contribution in [0.15, 0.2) is 30.3 Å². The number of thiophene rings is 1. The van der Waals surface area contributed by atoms with E-state index in [1.165, 1.54) is 17.4 Å². The van der Waals surface area contributed by atoms with Gasteiger partial charge < -0.3 is 20.9 Å². The number of anilines is 3. The number of rotatable bonds is 4. The first-order chi connectivity index (χ1) is 17.4. The van der Waals surface area contributed by atoms with Crippen molar-refractivity contribution in [2.24, 2.45) is 0 Å². The number of aromatic nitrogens is 3. The summed E-state index contributed by atoms with van der Waals surface area (Å²) >= 11 is 1.48. The van der Waals surface area contributed by atoms with Gasteiger partial charge in [-0.2, -0.15) is 4.39 Å². The van der Waals surface area contributed by atoms with Crippen molar-refractivity contribution in [2.45, 2.75) is 19.5 Å². The molecule has 6 rings (SSSR count). The fourth-order valence-electron chi connectivity index (χ4n) is 4.73. The van der Waals surface area contributed by atoms with E-state index in [0.717, 1.165) is 52.9 Å². The molecular formula is C25H27FN8OS. The summed E-state index contributed by atoms with van der Waals surface area (Å²) in [5, 5.41) is 11.6. The Labute approximate surface area is 211 Å². The molecule has 11 heteroatoms. The van der Waals surface area contributed by atoms with Crippen LogP contribution in [0.3, 0.4) is 0 Å². The lowest BCUT2D eigenvalue weighted by Crippen LogP contribution is -2.44. The number of nitrogens with one attached hydrogen (secondary N) is 3. The van der Waals surface area contributed by atoms with Crippen LogP contribution in [0.25, 0.3) is 21.0 Å². The fraction of sp³-hybridized carbons (Fsp3) is 0.360. The molecule has 186 valence electrons. The quantitative estimate of drug-likeness (QED) is 0.362. The number of likely N-dealkylation sites (N-methyl/N-ethyl adjacent to an activating group) is 1. The van der Waals surface area contributed by atoms with E-state index in [9.17, 15) is 9.18 Å². The van der Waals surface area contributed by atoms with Crippen LogP contribution in [-0.4, -0.2) is 76.5 Å². The average Bonchev–Trinajstić information content (AvgIpc) is 3.16. The van der Waals surface area contributed by atoms with E-state index in [1.807, 2.05) is 31.2 Å².